The summed E-state index contributed by atoms with van der Waals surface area (Å²) in [5, 5.41) is 16.6. The van der Waals surface area contributed by atoms with E-state index in [0.717, 1.165) is 4.47 Å². The van der Waals surface area contributed by atoms with Gasteiger partial charge in [0.1, 0.15) is 0 Å². The minimum atomic E-state index is 0.0442. The first-order valence-corrected chi connectivity index (χ1v) is 6.58. The van der Waals surface area contributed by atoms with Crippen molar-refractivity contribution in [1.82, 2.24) is 19.6 Å². The lowest BCUT2D eigenvalue weighted by Crippen LogP contribution is -2.12. The number of halogens is 1. The summed E-state index contributed by atoms with van der Waals surface area (Å²) in [7, 11) is 0. The SMILES string of the molecule is CSc1nc(NCCO)n2ncc(Br)c2n1. The first kappa shape index (κ1) is 11.6. The average Bonchev–Trinajstić information content (AvgIpc) is 2.68. The van der Waals surface area contributed by atoms with E-state index in [-0.39, 0.29) is 6.61 Å². The van der Waals surface area contributed by atoms with Gasteiger partial charge in [-0.25, -0.2) is 4.98 Å². The van der Waals surface area contributed by atoms with Crippen molar-refractivity contribution in [2.24, 2.45) is 0 Å². The van der Waals surface area contributed by atoms with Crippen LogP contribution in [0.25, 0.3) is 5.65 Å². The Morgan fingerprint density at radius 1 is 1.56 bits per heavy atom. The van der Waals surface area contributed by atoms with E-state index in [2.05, 4.69) is 36.3 Å². The predicted octanol–water partition coefficient (Wildman–Crippen LogP) is 1.01. The molecule has 0 unspecified atom stereocenters. The van der Waals surface area contributed by atoms with Crippen LogP contribution in [0, 0.1) is 0 Å². The fourth-order valence-corrected chi connectivity index (χ4v) is 1.91. The zero-order valence-corrected chi connectivity index (χ0v) is 10.9. The molecule has 2 aromatic rings. The Hall–Kier alpha value is -0.860. The van der Waals surface area contributed by atoms with Crippen molar-refractivity contribution < 1.29 is 5.11 Å². The molecule has 0 radical (unpaired) electrons. The normalized spacial score (nSPS) is 10.9. The highest BCUT2D eigenvalue weighted by Crippen LogP contribution is 2.20. The molecule has 0 aliphatic carbocycles. The first-order valence-electron chi connectivity index (χ1n) is 4.56. The van der Waals surface area contributed by atoms with Gasteiger partial charge in [0.25, 0.3) is 0 Å². The Labute approximate surface area is 105 Å². The first-order chi connectivity index (χ1) is 7.76. The fourth-order valence-electron chi connectivity index (χ4n) is 1.20. The number of aromatic nitrogens is 4. The van der Waals surface area contributed by atoms with Gasteiger partial charge >= 0.3 is 0 Å². The van der Waals surface area contributed by atoms with E-state index >= 15 is 0 Å². The van der Waals surface area contributed by atoms with Crippen molar-refractivity contribution in [3.63, 3.8) is 0 Å². The van der Waals surface area contributed by atoms with Crippen LogP contribution in [0.15, 0.2) is 15.8 Å². The molecule has 0 spiro atoms. The minimum absolute atomic E-state index is 0.0442. The Bertz CT molecular complexity index is 502. The number of nitrogens with zero attached hydrogens (tertiary/aromatic N) is 4. The maximum Gasteiger partial charge on any atom is 0.228 e. The highest BCUT2D eigenvalue weighted by molar-refractivity contribution is 9.10. The third kappa shape index (κ3) is 2.13. The molecule has 0 atom stereocenters. The van der Waals surface area contributed by atoms with E-state index in [9.17, 15) is 0 Å². The van der Waals surface area contributed by atoms with Gasteiger partial charge < -0.3 is 10.4 Å². The number of aliphatic hydroxyl groups excluding tert-OH is 1. The molecule has 0 aliphatic rings. The van der Waals surface area contributed by atoms with Crippen LogP contribution in [0.1, 0.15) is 0 Å². The molecule has 0 aliphatic heterocycles. The number of hydrogen-bond donors (Lipinski definition) is 2. The lowest BCUT2D eigenvalue weighted by atomic mass is 10.6. The summed E-state index contributed by atoms with van der Waals surface area (Å²) in [6.07, 6.45) is 3.57. The molecule has 0 saturated carbocycles. The lowest BCUT2D eigenvalue weighted by Gasteiger charge is -2.06. The topological polar surface area (TPSA) is 75.3 Å². The molecule has 86 valence electrons. The summed E-state index contributed by atoms with van der Waals surface area (Å²) in [6, 6.07) is 0. The summed E-state index contributed by atoms with van der Waals surface area (Å²) in [4.78, 5) is 8.60. The Balaban J connectivity index is 2.51. The van der Waals surface area contributed by atoms with Crippen LogP contribution in [-0.4, -0.2) is 44.1 Å². The van der Waals surface area contributed by atoms with Crippen LogP contribution in [-0.2, 0) is 0 Å². The van der Waals surface area contributed by atoms with Crippen LogP contribution in [0.4, 0.5) is 5.95 Å². The maximum atomic E-state index is 8.78. The van der Waals surface area contributed by atoms with Gasteiger partial charge in [-0.05, 0) is 22.2 Å². The van der Waals surface area contributed by atoms with Crippen LogP contribution in [0.3, 0.4) is 0 Å². The van der Waals surface area contributed by atoms with Gasteiger partial charge in [-0.2, -0.15) is 14.6 Å². The minimum Gasteiger partial charge on any atom is -0.395 e. The molecule has 8 heteroatoms. The number of nitrogens with one attached hydrogen (secondary N) is 1. The number of thioether (sulfide) groups is 1. The van der Waals surface area contributed by atoms with E-state index in [1.54, 1.807) is 10.7 Å². The summed E-state index contributed by atoms with van der Waals surface area (Å²) in [5.74, 6) is 0.578. The van der Waals surface area contributed by atoms with Crippen molar-refractivity contribution in [1.29, 1.82) is 0 Å². The summed E-state index contributed by atoms with van der Waals surface area (Å²) in [5.41, 5.74) is 0.708. The third-order valence-electron chi connectivity index (χ3n) is 1.88. The van der Waals surface area contributed by atoms with Gasteiger partial charge in [0.05, 0.1) is 17.3 Å². The van der Waals surface area contributed by atoms with Crippen molar-refractivity contribution in [2.75, 3.05) is 24.7 Å². The number of hydrogen-bond acceptors (Lipinski definition) is 6. The smallest absolute Gasteiger partial charge is 0.228 e. The fraction of sp³-hybridized carbons (Fsp3) is 0.375. The van der Waals surface area contributed by atoms with Gasteiger partial charge in [-0.3, -0.25) is 0 Å². The van der Waals surface area contributed by atoms with E-state index in [4.69, 9.17) is 5.11 Å². The van der Waals surface area contributed by atoms with Crippen LogP contribution in [0.2, 0.25) is 0 Å². The third-order valence-corrected chi connectivity index (χ3v) is 2.99. The van der Waals surface area contributed by atoms with Crippen molar-refractivity contribution in [2.45, 2.75) is 5.16 Å². The second-order valence-corrected chi connectivity index (χ2v) is 4.54. The Morgan fingerprint density at radius 3 is 3.06 bits per heavy atom. The van der Waals surface area contributed by atoms with Gasteiger partial charge in [0, 0.05) is 6.54 Å². The molecule has 6 nitrogen and oxygen atoms in total. The Morgan fingerprint density at radius 2 is 2.38 bits per heavy atom. The predicted molar refractivity (Wildman–Crippen MR) is 65.8 cm³/mol. The molecule has 0 bridgehead atoms. The molecule has 0 saturated heterocycles. The van der Waals surface area contributed by atoms with E-state index < -0.39 is 0 Å². The molecule has 2 heterocycles. The number of anilines is 1. The Kier molecular flexibility index (Phi) is 3.62. The van der Waals surface area contributed by atoms with E-state index in [1.165, 1.54) is 11.8 Å². The second-order valence-electron chi connectivity index (χ2n) is 2.91. The van der Waals surface area contributed by atoms with E-state index in [1.807, 2.05) is 6.26 Å². The molecule has 16 heavy (non-hydrogen) atoms. The zero-order chi connectivity index (χ0) is 11.5. The highest BCUT2D eigenvalue weighted by Gasteiger charge is 2.10. The molecule has 2 aromatic heterocycles. The lowest BCUT2D eigenvalue weighted by molar-refractivity contribution is 0.310. The average molecular weight is 304 g/mol. The number of fused-ring (bicyclic) bond motifs is 1. The second kappa shape index (κ2) is 4.98. The van der Waals surface area contributed by atoms with Gasteiger partial charge in [0.2, 0.25) is 5.95 Å². The summed E-state index contributed by atoms with van der Waals surface area (Å²) >= 11 is 4.83. The molecular weight excluding hydrogens is 294 g/mol. The van der Waals surface area contributed by atoms with Crippen LogP contribution in [0.5, 0.6) is 0 Å². The van der Waals surface area contributed by atoms with Crippen LogP contribution >= 0.6 is 27.7 Å². The molecule has 0 fully saturated rings. The van der Waals surface area contributed by atoms with Crippen molar-refractivity contribution in [3.05, 3.63) is 10.7 Å². The zero-order valence-electron chi connectivity index (χ0n) is 8.51. The summed E-state index contributed by atoms with van der Waals surface area (Å²) < 4.78 is 2.41. The van der Waals surface area contributed by atoms with Gasteiger partial charge in [-0.1, -0.05) is 11.8 Å². The van der Waals surface area contributed by atoms with Crippen molar-refractivity contribution in [3.8, 4) is 0 Å². The molecule has 0 aromatic carbocycles. The van der Waals surface area contributed by atoms with Gasteiger partial charge in [0.15, 0.2) is 10.8 Å². The maximum absolute atomic E-state index is 8.78. The molecule has 2 N–H and O–H groups in total. The van der Waals surface area contributed by atoms with E-state index in [0.29, 0.717) is 23.3 Å². The quantitative estimate of drug-likeness (QED) is 0.821. The molecule has 2 rings (SSSR count). The van der Waals surface area contributed by atoms with Gasteiger partial charge in [-0.15, -0.1) is 0 Å². The highest BCUT2D eigenvalue weighted by atomic mass is 79.9. The van der Waals surface area contributed by atoms with Crippen LogP contribution < -0.4 is 5.32 Å². The summed E-state index contributed by atoms with van der Waals surface area (Å²) in [6.45, 7) is 0.472. The molecular formula is C8H10BrN5OS. The van der Waals surface area contributed by atoms with Crippen molar-refractivity contribution >= 4 is 39.3 Å². The number of aliphatic hydroxyl groups is 1. The standard InChI is InChI=1S/C8H10BrN5OS/c1-16-8-12-6-5(9)4-11-14(6)7(13-8)10-2-3-15/h4,15H,2-3H2,1H3,(H,10,12,13). The monoisotopic (exact) mass is 303 g/mol. The molecule has 0 amide bonds. The number of rotatable bonds is 4. The largest absolute Gasteiger partial charge is 0.395 e.